The lowest BCUT2D eigenvalue weighted by Gasteiger charge is -2.05. The van der Waals surface area contributed by atoms with Crippen molar-refractivity contribution in [2.24, 2.45) is 0 Å². The second-order valence-corrected chi connectivity index (χ2v) is 3.77. The second-order valence-electron chi connectivity index (χ2n) is 3.77. The van der Waals surface area contributed by atoms with Crippen LogP contribution in [0.1, 0.15) is 0 Å². The average molecular weight is 265 g/mol. The maximum Gasteiger partial charge on any atom is 0.168 e. The minimum Gasteiger partial charge on any atom is -0.383 e. The van der Waals surface area contributed by atoms with Crippen molar-refractivity contribution in [3.8, 4) is 5.69 Å². The molecule has 3 aromatic rings. The molecule has 2 N–H and O–H groups in total. The Hall–Kier alpha value is -2.64. The van der Waals surface area contributed by atoms with E-state index in [9.17, 15) is 13.2 Å². The summed E-state index contributed by atoms with van der Waals surface area (Å²) in [5, 5.41) is 4.26. The number of rotatable bonds is 1. The van der Waals surface area contributed by atoms with Crippen molar-refractivity contribution in [1.82, 2.24) is 19.7 Å². The van der Waals surface area contributed by atoms with Crippen LogP contribution in [-0.4, -0.2) is 19.7 Å². The smallest absolute Gasteiger partial charge is 0.168 e. The molecule has 0 aliphatic carbocycles. The molecule has 0 spiro atoms. The summed E-state index contributed by atoms with van der Waals surface area (Å²) in [7, 11) is 0. The maximum absolute atomic E-state index is 13.7. The molecule has 0 fully saturated rings. The molecule has 0 saturated heterocycles. The van der Waals surface area contributed by atoms with Crippen LogP contribution in [0.25, 0.3) is 16.7 Å². The normalized spacial score (nSPS) is 11.1. The molecule has 2 aromatic heterocycles. The van der Waals surface area contributed by atoms with Crippen LogP contribution in [0.15, 0.2) is 24.7 Å². The Morgan fingerprint density at radius 3 is 2.53 bits per heavy atom. The van der Waals surface area contributed by atoms with Crippen LogP contribution in [0.3, 0.4) is 0 Å². The number of hydrogen-bond acceptors (Lipinski definition) is 4. The van der Waals surface area contributed by atoms with Crippen molar-refractivity contribution in [2.45, 2.75) is 0 Å². The van der Waals surface area contributed by atoms with Crippen molar-refractivity contribution < 1.29 is 13.2 Å². The number of fused-ring (bicyclic) bond motifs is 1. The molecule has 96 valence electrons. The summed E-state index contributed by atoms with van der Waals surface area (Å²) >= 11 is 0. The number of benzene rings is 1. The molecule has 1 aromatic carbocycles. The highest BCUT2D eigenvalue weighted by Gasteiger charge is 2.15. The quantitative estimate of drug-likeness (QED) is 0.681. The van der Waals surface area contributed by atoms with Gasteiger partial charge in [0.25, 0.3) is 0 Å². The monoisotopic (exact) mass is 265 g/mol. The topological polar surface area (TPSA) is 69.6 Å². The second kappa shape index (κ2) is 3.94. The van der Waals surface area contributed by atoms with Gasteiger partial charge in [-0.25, -0.2) is 27.8 Å². The fraction of sp³-hybridized carbons (Fsp3) is 0. The van der Waals surface area contributed by atoms with Crippen LogP contribution in [0, 0.1) is 17.5 Å². The Morgan fingerprint density at radius 2 is 1.74 bits per heavy atom. The van der Waals surface area contributed by atoms with E-state index in [1.54, 1.807) is 0 Å². The van der Waals surface area contributed by atoms with E-state index >= 15 is 0 Å². The molecule has 0 radical (unpaired) electrons. The van der Waals surface area contributed by atoms with Gasteiger partial charge in [0.05, 0.1) is 11.6 Å². The third-order valence-corrected chi connectivity index (χ3v) is 2.61. The molecule has 19 heavy (non-hydrogen) atoms. The summed E-state index contributed by atoms with van der Waals surface area (Å²) in [6.45, 7) is 0. The first-order valence-electron chi connectivity index (χ1n) is 5.17. The predicted octanol–water partition coefficient (Wildman–Crippen LogP) is 1.81. The zero-order chi connectivity index (χ0) is 13.6. The van der Waals surface area contributed by atoms with Gasteiger partial charge in [0.15, 0.2) is 23.1 Å². The Kier molecular flexibility index (Phi) is 2.37. The first-order valence-corrected chi connectivity index (χ1v) is 5.17. The summed E-state index contributed by atoms with van der Waals surface area (Å²) in [6, 6.07) is 1.15. The average Bonchev–Trinajstić information content (AvgIpc) is 2.79. The van der Waals surface area contributed by atoms with Crippen molar-refractivity contribution >= 4 is 16.9 Å². The number of hydrogen-bond donors (Lipinski definition) is 1. The van der Waals surface area contributed by atoms with E-state index in [0.717, 1.165) is 4.68 Å². The Morgan fingerprint density at radius 1 is 1.00 bits per heavy atom. The van der Waals surface area contributed by atoms with E-state index in [1.807, 2.05) is 0 Å². The predicted molar refractivity (Wildman–Crippen MR) is 60.9 cm³/mol. The summed E-state index contributed by atoms with van der Waals surface area (Å²) in [4.78, 5) is 7.65. The number of nitrogen functional groups attached to an aromatic ring is 1. The van der Waals surface area contributed by atoms with E-state index in [-0.39, 0.29) is 17.2 Å². The molecule has 0 atom stereocenters. The van der Waals surface area contributed by atoms with E-state index in [0.29, 0.717) is 17.5 Å². The van der Waals surface area contributed by atoms with E-state index < -0.39 is 17.5 Å². The minimum absolute atomic E-state index is 0.166. The van der Waals surface area contributed by atoms with Crippen LogP contribution in [0.2, 0.25) is 0 Å². The molecule has 0 amide bonds. The molecule has 0 saturated carbocycles. The van der Waals surface area contributed by atoms with Gasteiger partial charge in [-0.15, -0.1) is 0 Å². The first-order chi connectivity index (χ1) is 9.08. The van der Waals surface area contributed by atoms with Gasteiger partial charge in [0, 0.05) is 12.1 Å². The molecule has 0 unspecified atom stereocenters. The van der Waals surface area contributed by atoms with Gasteiger partial charge in [0.2, 0.25) is 0 Å². The fourth-order valence-corrected chi connectivity index (χ4v) is 1.71. The molecule has 3 rings (SSSR count). The van der Waals surface area contributed by atoms with E-state index in [1.165, 1.54) is 12.5 Å². The van der Waals surface area contributed by atoms with Crippen molar-refractivity contribution in [1.29, 1.82) is 0 Å². The van der Waals surface area contributed by atoms with Gasteiger partial charge in [-0.1, -0.05) is 0 Å². The van der Waals surface area contributed by atoms with Gasteiger partial charge in [-0.2, -0.15) is 5.10 Å². The zero-order valence-corrected chi connectivity index (χ0v) is 9.31. The molecule has 2 heterocycles. The lowest BCUT2D eigenvalue weighted by atomic mass is 10.3. The Labute approximate surface area is 104 Å². The van der Waals surface area contributed by atoms with Crippen molar-refractivity contribution in [3.63, 3.8) is 0 Å². The SMILES string of the molecule is Nc1ncnc2c1cnn2-c1cc(F)c(F)cc1F. The molecule has 0 bridgehead atoms. The molecular weight excluding hydrogens is 259 g/mol. The number of anilines is 1. The van der Waals surface area contributed by atoms with E-state index in [2.05, 4.69) is 15.1 Å². The molecule has 8 heteroatoms. The highest BCUT2D eigenvalue weighted by atomic mass is 19.2. The van der Waals surface area contributed by atoms with Gasteiger partial charge >= 0.3 is 0 Å². The standard InChI is InChI=1S/C11H6F3N5/c12-6-1-8(14)9(2-7(6)13)19-11-5(3-18-19)10(15)16-4-17-11/h1-4H,(H2,15,16,17). The summed E-state index contributed by atoms with van der Waals surface area (Å²) in [5.41, 5.74) is 5.56. The van der Waals surface area contributed by atoms with Gasteiger partial charge in [-0.3, -0.25) is 0 Å². The number of aromatic nitrogens is 4. The van der Waals surface area contributed by atoms with Crippen LogP contribution in [-0.2, 0) is 0 Å². The minimum atomic E-state index is -1.27. The Balaban J connectivity index is 2.31. The highest BCUT2D eigenvalue weighted by molar-refractivity contribution is 5.85. The highest BCUT2D eigenvalue weighted by Crippen LogP contribution is 2.22. The van der Waals surface area contributed by atoms with Gasteiger partial charge in [-0.05, 0) is 0 Å². The summed E-state index contributed by atoms with van der Waals surface area (Å²) in [6.07, 6.45) is 2.50. The number of halogens is 3. The van der Waals surface area contributed by atoms with Crippen molar-refractivity contribution in [2.75, 3.05) is 5.73 Å². The van der Waals surface area contributed by atoms with Crippen LogP contribution in [0.4, 0.5) is 19.0 Å². The number of nitrogens with zero attached hydrogens (tertiary/aromatic N) is 4. The lowest BCUT2D eigenvalue weighted by Crippen LogP contribution is -2.03. The van der Waals surface area contributed by atoms with Gasteiger partial charge in [0.1, 0.15) is 17.8 Å². The molecule has 5 nitrogen and oxygen atoms in total. The van der Waals surface area contributed by atoms with Crippen LogP contribution in [0.5, 0.6) is 0 Å². The third kappa shape index (κ3) is 1.68. The molecule has 0 aliphatic rings. The van der Waals surface area contributed by atoms with Crippen LogP contribution >= 0.6 is 0 Å². The first kappa shape index (κ1) is 11.5. The zero-order valence-electron chi connectivity index (χ0n) is 9.31. The largest absolute Gasteiger partial charge is 0.383 e. The molecule has 0 aliphatic heterocycles. The molecular formula is C11H6F3N5. The Bertz CT molecular complexity index is 783. The van der Waals surface area contributed by atoms with Crippen molar-refractivity contribution in [3.05, 3.63) is 42.1 Å². The number of nitrogens with two attached hydrogens (primary N) is 1. The fourth-order valence-electron chi connectivity index (χ4n) is 1.71. The van der Waals surface area contributed by atoms with Gasteiger partial charge < -0.3 is 5.73 Å². The summed E-state index contributed by atoms with van der Waals surface area (Å²) in [5.74, 6) is -3.24. The third-order valence-electron chi connectivity index (χ3n) is 2.61. The van der Waals surface area contributed by atoms with Crippen LogP contribution < -0.4 is 5.73 Å². The summed E-state index contributed by atoms with van der Waals surface area (Å²) < 4.78 is 40.8. The maximum atomic E-state index is 13.7. The lowest BCUT2D eigenvalue weighted by molar-refractivity contribution is 0.492. The van der Waals surface area contributed by atoms with E-state index in [4.69, 9.17) is 5.73 Å².